The molecule has 0 aliphatic carbocycles. The van der Waals surface area contributed by atoms with E-state index in [-0.39, 0.29) is 4.90 Å². The molecule has 2 rings (SSSR count). The van der Waals surface area contributed by atoms with Crippen LogP contribution in [0.2, 0.25) is 0 Å². The van der Waals surface area contributed by atoms with Crippen LogP contribution in [0.4, 0.5) is 0 Å². The molecule has 1 aromatic heterocycles. The Balaban J connectivity index is 2.66. The first-order valence-corrected chi connectivity index (χ1v) is 6.63. The topological polar surface area (TPSA) is 67.5 Å². The van der Waals surface area contributed by atoms with Crippen LogP contribution in [-0.2, 0) is 15.4 Å². The molecule has 1 heterocycles. The average molecular weight is 291 g/mol. The molecule has 4 nitrogen and oxygen atoms in total. The van der Waals surface area contributed by atoms with E-state index in [4.69, 9.17) is 8.97 Å². The van der Waals surface area contributed by atoms with E-state index in [9.17, 15) is 8.42 Å². The monoisotopic (exact) mass is 290 g/mol. The van der Waals surface area contributed by atoms with Gasteiger partial charge in [0.2, 0.25) is 0 Å². The molecule has 1 N–H and O–H groups in total. The van der Waals surface area contributed by atoms with Crippen LogP contribution >= 0.6 is 15.9 Å². The van der Waals surface area contributed by atoms with E-state index >= 15 is 0 Å². The van der Waals surface area contributed by atoms with Crippen molar-refractivity contribution in [2.75, 3.05) is 0 Å². The van der Waals surface area contributed by atoms with E-state index in [0.29, 0.717) is 22.1 Å². The summed E-state index contributed by atoms with van der Waals surface area (Å²) in [7, 11) is -4.15. The summed E-state index contributed by atoms with van der Waals surface area (Å²) in [6.45, 7) is 0. The highest BCUT2D eigenvalue weighted by atomic mass is 79.9. The van der Waals surface area contributed by atoms with Crippen LogP contribution in [-0.4, -0.2) is 13.0 Å². The van der Waals surface area contributed by atoms with Crippen LogP contribution in [0.5, 0.6) is 0 Å². The third kappa shape index (κ3) is 2.06. The van der Waals surface area contributed by atoms with E-state index in [1.54, 1.807) is 6.07 Å². The van der Waals surface area contributed by atoms with Gasteiger partial charge in [-0.15, -0.1) is 0 Å². The fourth-order valence-electron chi connectivity index (χ4n) is 1.30. The minimum absolute atomic E-state index is 0.128. The zero-order chi connectivity index (χ0) is 11.1. The zero-order valence-corrected chi connectivity index (χ0v) is 9.88. The fraction of sp³-hybridized carbons (Fsp3) is 0.111. The van der Waals surface area contributed by atoms with Crippen molar-refractivity contribution < 1.29 is 17.4 Å². The first kappa shape index (κ1) is 10.7. The van der Waals surface area contributed by atoms with Gasteiger partial charge in [-0.05, 0) is 24.3 Å². The molecule has 6 heteroatoms. The Morgan fingerprint density at radius 3 is 2.67 bits per heavy atom. The lowest BCUT2D eigenvalue weighted by Gasteiger charge is -1.95. The maximum atomic E-state index is 10.9. The van der Waals surface area contributed by atoms with Crippen LogP contribution in [0.15, 0.2) is 33.6 Å². The van der Waals surface area contributed by atoms with Gasteiger partial charge in [0.1, 0.15) is 11.3 Å². The molecule has 0 aliphatic rings. The smallest absolute Gasteiger partial charge is 0.294 e. The lowest BCUT2D eigenvalue weighted by atomic mass is 10.2. The van der Waals surface area contributed by atoms with Gasteiger partial charge in [-0.1, -0.05) is 15.9 Å². The summed E-state index contributed by atoms with van der Waals surface area (Å²) >= 11 is 3.23. The van der Waals surface area contributed by atoms with Crippen LogP contribution in [0.3, 0.4) is 0 Å². The summed E-state index contributed by atoms with van der Waals surface area (Å²) in [6, 6.07) is 5.92. The molecule has 0 bridgehead atoms. The van der Waals surface area contributed by atoms with Crippen molar-refractivity contribution in [1.29, 1.82) is 0 Å². The van der Waals surface area contributed by atoms with Gasteiger partial charge in [0.25, 0.3) is 10.1 Å². The molecule has 0 saturated heterocycles. The predicted molar refractivity (Wildman–Crippen MR) is 58.7 cm³/mol. The third-order valence-electron chi connectivity index (χ3n) is 1.97. The molecule has 0 saturated carbocycles. The number of hydrogen-bond donors (Lipinski definition) is 1. The van der Waals surface area contributed by atoms with Crippen molar-refractivity contribution in [3.8, 4) is 0 Å². The Labute approximate surface area is 94.8 Å². The second-order valence-electron chi connectivity index (χ2n) is 3.02. The van der Waals surface area contributed by atoms with Crippen molar-refractivity contribution in [3.05, 3.63) is 30.0 Å². The van der Waals surface area contributed by atoms with Crippen molar-refractivity contribution in [3.63, 3.8) is 0 Å². The summed E-state index contributed by atoms with van der Waals surface area (Å²) in [5, 5.41) is 1.21. The molecule has 80 valence electrons. The molecular formula is C9H7BrO4S. The second-order valence-corrected chi connectivity index (χ2v) is 5.00. The molecule has 15 heavy (non-hydrogen) atoms. The highest BCUT2D eigenvalue weighted by Gasteiger charge is 2.11. The van der Waals surface area contributed by atoms with Gasteiger partial charge in [-0.2, -0.15) is 8.42 Å². The number of hydrogen-bond acceptors (Lipinski definition) is 3. The van der Waals surface area contributed by atoms with Crippen molar-refractivity contribution in [2.24, 2.45) is 0 Å². The molecule has 1 aromatic carbocycles. The van der Waals surface area contributed by atoms with Crippen molar-refractivity contribution in [1.82, 2.24) is 0 Å². The van der Waals surface area contributed by atoms with Crippen LogP contribution in [0.25, 0.3) is 11.0 Å². The number of halogens is 1. The van der Waals surface area contributed by atoms with Gasteiger partial charge in [0.15, 0.2) is 0 Å². The minimum Gasteiger partial charge on any atom is -0.460 e. The summed E-state index contributed by atoms with van der Waals surface area (Å²) in [5.74, 6) is 0.706. The summed E-state index contributed by atoms with van der Waals surface area (Å²) in [6.07, 6.45) is 0. The molecule has 0 fully saturated rings. The molecule has 0 amide bonds. The first-order valence-electron chi connectivity index (χ1n) is 4.06. The highest BCUT2D eigenvalue weighted by Crippen LogP contribution is 2.23. The Bertz CT molecular complexity index is 600. The highest BCUT2D eigenvalue weighted by molar-refractivity contribution is 9.08. The first-order chi connectivity index (χ1) is 7.00. The normalized spacial score (nSPS) is 12.1. The van der Waals surface area contributed by atoms with Crippen molar-refractivity contribution >= 4 is 37.0 Å². The maximum Gasteiger partial charge on any atom is 0.294 e. The fourth-order valence-corrected chi connectivity index (χ4v) is 2.09. The standard InChI is InChI=1S/C9H7BrO4S/c10-5-7-3-6-4-8(15(11,12)13)1-2-9(6)14-7/h1-4H,5H2,(H,11,12,13). The number of furan rings is 1. The number of alkyl halides is 1. The minimum atomic E-state index is -4.15. The van der Waals surface area contributed by atoms with E-state index in [2.05, 4.69) is 15.9 Å². The predicted octanol–water partition coefficient (Wildman–Crippen LogP) is 2.57. The number of rotatable bonds is 2. The van der Waals surface area contributed by atoms with E-state index in [1.807, 2.05) is 0 Å². The van der Waals surface area contributed by atoms with Gasteiger partial charge in [0, 0.05) is 5.39 Å². The van der Waals surface area contributed by atoms with E-state index in [0.717, 1.165) is 0 Å². The Kier molecular flexibility index (Phi) is 2.57. The number of benzene rings is 1. The lowest BCUT2D eigenvalue weighted by molar-refractivity contribution is 0.483. The van der Waals surface area contributed by atoms with Gasteiger partial charge in [-0.3, -0.25) is 4.55 Å². The van der Waals surface area contributed by atoms with Crippen LogP contribution in [0, 0.1) is 0 Å². The maximum absolute atomic E-state index is 10.9. The van der Waals surface area contributed by atoms with E-state index in [1.165, 1.54) is 18.2 Å². The Morgan fingerprint density at radius 1 is 1.33 bits per heavy atom. The van der Waals surface area contributed by atoms with Gasteiger partial charge >= 0.3 is 0 Å². The Hall–Kier alpha value is -0.850. The molecular weight excluding hydrogens is 284 g/mol. The summed E-state index contributed by atoms with van der Waals surface area (Å²) < 4.78 is 35.9. The Morgan fingerprint density at radius 2 is 2.07 bits per heavy atom. The van der Waals surface area contributed by atoms with Crippen LogP contribution < -0.4 is 0 Å². The largest absolute Gasteiger partial charge is 0.460 e. The van der Waals surface area contributed by atoms with Crippen LogP contribution in [0.1, 0.15) is 5.76 Å². The van der Waals surface area contributed by atoms with Gasteiger partial charge in [0.05, 0.1) is 10.2 Å². The molecule has 0 radical (unpaired) electrons. The zero-order valence-electron chi connectivity index (χ0n) is 7.47. The number of fused-ring (bicyclic) bond motifs is 1. The van der Waals surface area contributed by atoms with E-state index < -0.39 is 10.1 Å². The lowest BCUT2D eigenvalue weighted by Crippen LogP contribution is -1.96. The summed E-state index contributed by atoms with van der Waals surface area (Å²) in [5.41, 5.74) is 0.594. The summed E-state index contributed by atoms with van der Waals surface area (Å²) in [4.78, 5) is -0.128. The second kappa shape index (κ2) is 3.62. The molecule has 0 aliphatic heterocycles. The molecule has 0 unspecified atom stereocenters. The molecule has 2 aromatic rings. The quantitative estimate of drug-likeness (QED) is 0.682. The molecule has 0 spiro atoms. The third-order valence-corrected chi connectivity index (χ3v) is 3.37. The van der Waals surface area contributed by atoms with Gasteiger partial charge in [-0.25, -0.2) is 0 Å². The average Bonchev–Trinajstić information content (AvgIpc) is 2.57. The molecule has 0 atom stereocenters. The van der Waals surface area contributed by atoms with Crippen molar-refractivity contribution in [2.45, 2.75) is 10.2 Å². The van der Waals surface area contributed by atoms with Gasteiger partial charge < -0.3 is 4.42 Å². The SMILES string of the molecule is O=S(=O)(O)c1ccc2oc(CBr)cc2c1.